The van der Waals surface area contributed by atoms with Crippen molar-refractivity contribution in [2.24, 2.45) is 0 Å². The zero-order chi connectivity index (χ0) is 15.6. The van der Waals surface area contributed by atoms with E-state index in [9.17, 15) is 8.42 Å². The van der Waals surface area contributed by atoms with E-state index in [0.717, 1.165) is 6.20 Å². The van der Waals surface area contributed by atoms with Crippen molar-refractivity contribution in [2.45, 2.75) is 11.8 Å². The third kappa shape index (κ3) is 3.42. The second-order valence-electron chi connectivity index (χ2n) is 4.02. The number of nitrogens with zero attached hydrogens (tertiary/aromatic N) is 3. The molecule has 2 rings (SSSR count). The quantitative estimate of drug-likeness (QED) is 0.865. The third-order valence-corrected chi connectivity index (χ3v) is 4.34. The molecule has 0 radical (unpaired) electrons. The Morgan fingerprint density at radius 3 is 2.57 bits per heavy atom. The average Bonchev–Trinajstić information content (AvgIpc) is 2.43. The van der Waals surface area contributed by atoms with E-state index in [2.05, 4.69) is 14.7 Å². The minimum atomic E-state index is -3.89. The summed E-state index contributed by atoms with van der Waals surface area (Å²) in [6.07, 6.45) is 1.09. The van der Waals surface area contributed by atoms with Crippen LogP contribution in [-0.2, 0) is 10.0 Å². The molecule has 0 saturated carbocycles. The lowest BCUT2D eigenvalue weighted by Gasteiger charge is -2.11. The van der Waals surface area contributed by atoms with Gasteiger partial charge in [-0.1, -0.05) is 23.2 Å². The molecule has 0 aliphatic rings. The van der Waals surface area contributed by atoms with Gasteiger partial charge in [-0.3, -0.25) is 4.72 Å². The first-order valence-corrected chi connectivity index (χ1v) is 7.79. The van der Waals surface area contributed by atoms with Crippen LogP contribution in [0, 0.1) is 18.3 Å². The Morgan fingerprint density at radius 1 is 1.33 bits per heavy atom. The van der Waals surface area contributed by atoms with Gasteiger partial charge >= 0.3 is 0 Å². The highest BCUT2D eigenvalue weighted by atomic mass is 35.5. The standard InChI is InChI=1S/C12H8Cl2N4O2S/c1-7-4-10(13)17-12(14)11(7)18-21(19,20)9-3-2-8(5-15)16-6-9/h2-4,6,18H,1H3. The van der Waals surface area contributed by atoms with E-state index in [0.29, 0.717) is 5.56 Å². The molecular weight excluding hydrogens is 335 g/mol. The van der Waals surface area contributed by atoms with Gasteiger partial charge in [-0.15, -0.1) is 0 Å². The summed E-state index contributed by atoms with van der Waals surface area (Å²) >= 11 is 11.6. The van der Waals surface area contributed by atoms with E-state index in [4.69, 9.17) is 28.5 Å². The maximum Gasteiger partial charge on any atom is 0.263 e. The van der Waals surface area contributed by atoms with Crippen LogP contribution in [-0.4, -0.2) is 18.4 Å². The lowest BCUT2D eigenvalue weighted by molar-refractivity contribution is 0.600. The maximum absolute atomic E-state index is 12.2. The first-order valence-electron chi connectivity index (χ1n) is 5.55. The van der Waals surface area contributed by atoms with E-state index in [-0.39, 0.29) is 26.6 Å². The van der Waals surface area contributed by atoms with Gasteiger partial charge in [0.25, 0.3) is 10.0 Å². The molecule has 0 saturated heterocycles. The molecule has 21 heavy (non-hydrogen) atoms. The fraction of sp³-hybridized carbons (Fsp3) is 0.0833. The number of pyridine rings is 2. The molecule has 0 fully saturated rings. The summed E-state index contributed by atoms with van der Waals surface area (Å²) in [7, 11) is -3.89. The van der Waals surface area contributed by atoms with Crippen LogP contribution in [0.3, 0.4) is 0 Å². The van der Waals surface area contributed by atoms with Gasteiger partial charge < -0.3 is 0 Å². The Balaban J connectivity index is 2.40. The highest BCUT2D eigenvalue weighted by molar-refractivity contribution is 7.92. The van der Waals surface area contributed by atoms with Crippen molar-refractivity contribution in [3.63, 3.8) is 0 Å². The van der Waals surface area contributed by atoms with E-state index in [1.165, 1.54) is 18.2 Å². The first kappa shape index (κ1) is 15.5. The molecule has 0 spiro atoms. The fourth-order valence-corrected chi connectivity index (χ4v) is 3.23. The average molecular weight is 343 g/mol. The Hall–Kier alpha value is -1.88. The number of hydrogen-bond donors (Lipinski definition) is 1. The van der Waals surface area contributed by atoms with Gasteiger partial charge in [-0.25, -0.2) is 18.4 Å². The number of hydrogen-bond acceptors (Lipinski definition) is 5. The smallest absolute Gasteiger partial charge is 0.263 e. The number of aryl methyl sites for hydroxylation is 1. The van der Waals surface area contributed by atoms with Crippen LogP contribution in [0.25, 0.3) is 0 Å². The molecule has 0 aromatic carbocycles. The number of halogens is 2. The number of rotatable bonds is 3. The van der Waals surface area contributed by atoms with Crippen molar-refractivity contribution >= 4 is 38.9 Å². The highest BCUT2D eigenvalue weighted by Crippen LogP contribution is 2.28. The molecule has 9 heteroatoms. The van der Waals surface area contributed by atoms with Crippen molar-refractivity contribution in [1.82, 2.24) is 9.97 Å². The van der Waals surface area contributed by atoms with Crippen molar-refractivity contribution in [2.75, 3.05) is 4.72 Å². The van der Waals surface area contributed by atoms with Crippen LogP contribution in [0.1, 0.15) is 11.3 Å². The summed E-state index contributed by atoms with van der Waals surface area (Å²) in [6.45, 7) is 1.65. The number of nitriles is 1. The van der Waals surface area contributed by atoms with E-state index < -0.39 is 10.0 Å². The molecule has 0 bridgehead atoms. The lowest BCUT2D eigenvalue weighted by Crippen LogP contribution is -2.15. The van der Waals surface area contributed by atoms with Gasteiger partial charge in [0.1, 0.15) is 21.8 Å². The van der Waals surface area contributed by atoms with E-state index >= 15 is 0 Å². The van der Waals surface area contributed by atoms with Crippen molar-refractivity contribution in [3.05, 3.63) is 46.0 Å². The van der Waals surface area contributed by atoms with E-state index in [1.807, 2.05) is 6.07 Å². The molecule has 0 unspecified atom stereocenters. The fourth-order valence-electron chi connectivity index (χ4n) is 1.52. The molecule has 1 N–H and O–H groups in total. The lowest BCUT2D eigenvalue weighted by atomic mass is 10.3. The van der Waals surface area contributed by atoms with Crippen LogP contribution >= 0.6 is 23.2 Å². The molecule has 108 valence electrons. The molecule has 2 aromatic heterocycles. The summed E-state index contributed by atoms with van der Waals surface area (Å²) in [6, 6.07) is 5.88. The summed E-state index contributed by atoms with van der Waals surface area (Å²) < 4.78 is 26.8. The molecular formula is C12H8Cl2N4O2S. The van der Waals surface area contributed by atoms with Crippen LogP contribution < -0.4 is 4.72 Å². The SMILES string of the molecule is Cc1cc(Cl)nc(Cl)c1NS(=O)(=O)c1ccc(C#N)nc1. The molecule has 0 aliphatic heterocycles. The predicted octanol–water partition coefficient (Wildman–Crippen LogP) is 2.76. The number of aromatic nitrogens is 2. The van der Waals surface area contributed by atoms with Crippen LogP contribution in [0.5, 0.6) is 0 Å². The van der Waals surface area contributed by atoms with Crippen molar-refractivity contribution in [1.29, 1.82) is 5.26 Å². The second kappa shape index (κ2) is 5.85. The number of nitrogens with one attached hydrogen (secondary N) is 1. The zero-order valence-electron chi connectivity index (χ0n) is 10.6. The van der Waals surface area contributed by atoms with Gasteiger partial charge in [0.15, 0.2) is 5.15 Å². The normalized spacial score (nSPS) is 11.0. The largest absolute Gasteiger partial charge is 0.276 e. The maximum atomic E-state index is 12.2. The molecule has 2 aromatic rings. The predicted molar refractivity (Wildman–Crippen MR) is 78.8 cm³/mol. The Bertz CT molecular complexity index is 806. The number of sulfonamides is 1. The summed E-state index contributed by atoms with van der Waals surface area (Å²) in [5, 5.41) is 8.77. The second-order valence-corrected chi connectivity index (χ2v) is 6.45. The van der Waals surface area contributed by atoms with Crippen LogP contribution in [0.2, 0.25) is 10.3 Å². The van der Waals surface area contributed by atoms with Gasteiger partial charge in [0, 0.05) is 6.20 Å². The third-order valence-electron chi connectivity index (χ3n) is 2.54. The van der Waals surface area contributed by atoms with Gasteiger partial charge in [-0.2, -0.15) is 5.26 Å². The van der Waals surface area contributed by atoms with Crippen molar-refractivity contribution in [3.8, 4) is 6.07 Å². The van der Waals surface area contributed by atoms with Crippen molar-refractivity contribution < 1.29 is 8.42 Å². The molecule has 0 atom stereocenters. The first-order chi connectivity index (χ1) is 9.83. The summed E-state index contributed by atoms with van der Waals surface area (Å²) in [5.74, 6) is 0. The highest BCUT2D eigenvalue weighted by Gasteiger charge is 2.18. The number of anilines is 1. The minimum Gasteiger partial charge on any atom is -0.276 e. The van der Waals surface area contributed by atoms with E-state index in [1.54, 1.807) is 6.92 Å². The summed E-state index contributed by atoms with van der Waals surface area (Å²) in [5.41, 5.74) is 0.798. The minimum absolute atomic E-state index is 0.0508. The van der Waals surface area contributed by atoms with Gasteiger partial charge in [0.05, 0.1) is 5.69 Å². The Morgan fingerprint density at radius 2 is 2.05 bits per heavy atom. The molecule has 2 heterocycles. The zero-order valence-corrected chi connectivity index (χ0v) is 13.0. The van der Waals surface area contributed by atoms with Gasteiger partial charge in [0.2, 0.25) is 0 Å². The molecule has 6 nitrogen and oxygen atoms in total. The monoisotopic (exact) mass is 342 g/mol. The summed E-state index contributed by atoms with van der Waals surface area (Å²) in [4.78, 5) is 7.41. The Labute approximate surface area is 131 Å². The van der Waals surface area contributed by atoms with Crippen LogP contribution in [0.15, 0.2) is 29.3 Å². The Kier molecular flexibility index (Phi) is 4.32. The van der Waals surface area contributed by atoms with Crippen LogP contribution in [0.4, 0.5) is 5.69 Å². The topological polar surface area (TPSA) is 95.7 Å². The molecule has 0 aliphatic carbocycles. The van der Waals surface area contributed by atoms with Gasteiger partial charge in [-0.05, 0) is 30.7 Å². The molecule has 0 amide bonds.